The van der Waals surface area contributed by atoms with Crippen LogP contribution < -0.4 is 14.8 Å². The molecule has 2 fully saturated rings. The van der Waals surface area contributed by atoms with Crippen LogP contribution in [0.1, 0.15) is 62.6 Å². The maximum absolute atomic E-state index is 13.6. The summed E-state index contributed by atoms with van der Waals surface area (Å²) in [6.07, 6.45) is 4.02. The Balaban J connectivity index is 1.15. The van der Waals surface area contributed by atoms with Gasteiger partial charge >= 0.3 is 11.9 Å². The van der Waals surface area contributed by atoms with E-state index in [-0.39, 0.29) is 65.6 Å². The molecule has 55 heavy (non-hydrogen) atoms. The molecule has 1 amide bonds. The molecule has 0 aromatic heterocycles. The molecule has 3 unspecified atom stereocenters. The van der Waals surface area contributed by atoms with Crippen molar-refractivity contribution in [2.24, 2.45) is 5.92 Å². The highest BCUT2D eigenvalue weighted by Crippen LogP contribution is 2.40. The van der Waals surface area contributed by atoms with Gasteiger partial charge in [0.2, 0.25) is 26.0 Å². The predicted molar refractivity (Wildman–Crippen MR) is 204 cm³/mol. The summed E-state index contributed by atoms with van der Waals surface area (Å²) in [5, 5.41) is 12.8. The fourth-order valence-corrected chi connectivity index (χ4v) is 9.70. The SMILES string of the molecule is CCOC(=O)[C@H](COCc1ccc(CNS(=O)(=O)c2ccc(Cl)c(S(=O)(=O)NCc3ccccc3)c2)cc1)NC(C)C(=O)N1C2CCCCC2C[C@H]1C(=O)O. The number of aliphatic carboxylic acids is 1. The maximum atomic E-state index is 13.6. The Morgan fingerprint density at radius 2 is 1.53 bits per heavy atom. The van der Waals surface area contributed by atoms with Gasteiger partial charge in [0.1, 0.15) is 17.0 Å². The summed E-state index contributed by atoms with van der Waals surface area (Å²) >= 11 is 6.17. The monoisotopic (exact) mass is 818 g/mol. The van der Waals surface area contributed by atoms with Crippen LogP contribution in [0, 0.1) is 5.92 Å². The van der Waals surface area contributed by atoms with Gasteiger partial charge in [-0.25, -0.2) is 31.1 Å². The number of carbonyl (C=O) groups excluding carboxylic acids is 2. The number of carboxylic acids is 1. The van der Waals surface area contributed by atoms with Crippen molar-refractivity contribution >= 4 is 49.5 Å². The van der Waals surface area contributed by atoms with Crippen LogP contribution in [0.2, 0.25) is 5.02 Å². The van der Waals surface area contributed by atoms with Gasteiger partial charge in [0, 0.05) is 19.1 Å². The topological polar surface area (TPSA) is 198 Å². The average Bonchev–Trinajstić information content (AvgIpc) is 3.57. The van der Waals surface area contributed by atoms with Crippen LogP contribution in [0.25, 0.3) is 0 Å². The van der Waals surface area contributed by atoms with Crippen LogP contribution in [0.5, 0.6) is 0 Å². The molecule has 3 aromatic carbocycles. The number of rotatable bonds is 18. The number of benzene rings is 3. The molecule has 1 aliphatic carbocycles. The van der Waals surface area contributed by atoms with Crippen molar-refractivity contribution in [1.29, 1.82) is 0 Å². The number of nitrogens with zero attached hydrogens (tertiary/aromatic N) is 1. The molecule has 1 saturated heterocycles. The third-order valence-corrected chi connectivity index (χ3v) is 13.2. The van der Waals surface area contributed by atoms with E-state index in [0.29, 0.717) is 17.5 Å². The van der Waals surface area contributed by atoms with Crippen molar-refractivity contribution in [3.8, 4) is 0 Å². The summed E-state index contributed by atoms with van der Waals surface area (Å²) < 4.78 is 68.3. The maximum Gasteiger partial charge on any atom is 0.326 e. The minimum absolute atomic E-state index is 0.00506. The molecule has 1 saturated carbocycles. The van der Waals surface area contributed by atoms with Gasteiger partial charge in [-0.05, 0) is 73.9 Å². The second kappa shape index (κ2) is 18.8. The van der Waals surface area contributed by atoms with Crippen LogP contribution in [-0.2, 0) is 63.6 Å². The third kappa shape index (κ3) is 10.9. The molecule has 5 atom stereocenters. The Morgan fingerprint density at radius 3 is 2.20 bits per heavy atom. The molecule has 14 nitrogen and oxygen atoms in total. The molecule has 1 aliphatic heterocycles. The number of sulfonamides is 2. The van der Waals surface area contributed by atoms with E-state index in [9.17, 15) is 36.3 Å². The number of hydrogen-bond donors (Lipinski definition) is 4. The van der Waals surface area contributed by atoms with Crippen molar-refractivity contribution in [3.63, 3.8) is 0 Å². The number of carbonyl (C=O) groups is 3. The highest BCUT2D eigenvalue weighted by Gasteiger charge is 2.48. The zero-order valence-corrected chi connectivity index (χ0v) is 33.0. The molecule has 0 radical (unpaired) electrons. The Labute approximate surface area is 327 Å². The van der Waals surface area contributed by atoms with Gasteiger partial charge in [-0.3, -0.25) is 14.9 Å². The Morgan fingerprint density at radius 1 is 0.891 bits per heavy atom. The number of esters is 1. The van der Waals surface area contributed by atoms with E-state index in [2.05, 4.69) is 14.8 Å². The lowest BCUT2D eigenvalue weighted by molar-refractivity contribution is -0.152. The van der Waals surface area contributed by atoms with Crippen molar-refractivity contribution in [2.75, 3.05) is 13.2 Å². The molecule has 0 spiro atoms. The van der Waals surface area contributed by atoms with Crippen LogP contribution in [0.3, 0.4) is 0 Å². The Hall–Kier alpha value is -3.90. The van der Waals surface area contributed by atoms with Gasteiger partial charge in [-0.15, -0.1) is 0 Å². The van der Waals surface area contributed by atoms with E-state index in [1.54, 1.807) is 68.4 Å². The van der Waals surface area contributed by atoms with Crippen molar-refractivity contribution in [3.05, 3.63) is 94.5 Å². The molecule has 4 N–H and O–H groups in total. The summed E-state index contributed by atoms with van der Waals surface area (Å²) in [5.74, 6) is -1.86. The smallest absolute Gasteiger partial charge is 0.326 e. The number of halogens is 1. The molecular formula is C38H47ClN4O10S2. The van der Waals surface area contributed by atoms with E-state index >= 15 is 0 Å². The van der Waals surface area contributed by atoms with E-state index in [1.165, 1.54) is 17.0 Å². The van der Waals surface area contributed by atoms with Gasteiger partial charge in [-0.2, -0.15) is 0 Å². The van der Waals surface area contributed by atoms with Crippen molar-refractivity contribution in [1.82, 2.24) is 19.7 Å². The van der Waals surface area contributed by atoms with Crippen molar-refractivity contribution < 1.29 is 45.8 Å². The van der Waals surface area contributed by atoms with Crippen LogP contribution in [0.4, 0.5) is 0 Å². The minimum Gasteiger partial charge on any atom is -0.480 e. The number of amides is 1. The fourth-order valence-electron chi connectivity index (χ4n) is 7.04. The number of fused-ring (bicyclic) bond motifs is 1. The highest BCUT2D eigenvalue weighted by molar-refractivity contribution is 7.90. The lowest BCUT2D eigenvalue weighted by atomic mass is 9.84. The quantitative estimate of drug-likeness (QED) is 0.136. The van der Waals surface area contributed by atoms with Gasteiger partial charge in [-0.1, -0.05) is 79.0 Å². The first kappa shape index (κ1) is 42.2. The highest BCUT2D eigenvalue weighted by atomic mass is 35.5. The van der Waals surface area contributed by atoms with Crippen LogP contribution in [-0.4, -0.2) is 82.1 Å². The van der Waals surface area contributed by atoms with Gasteiger partial charge in [0.05, 0.1) is 35.8 Å². The number of hydrogen-bond acceptors (Lipinski definition) is 10. The lowest BCUT2D eigenvalue weighted by Gasteiger charge is -2.35. The second-order valence-corrected chi connectivity index (χ2v) is 17.6. The number of carboxylic acid groups (broad SMARTS) is 1. The molecular weight excluding hydrogens is 772 g/mol. The first-order valence-corrected chi connectivity index (χ1v) is 21.5. The average molecular weight is 819 g/mol. The van der Waals surface area contributed by atoms with E-state index < -0.39 is 50.1 Å². The van der Waals surface area contributed by atoms with Crippen molar-refractivity contribution in [2.45, 2.75) is 99.6 Å². The largest absolute Gasteiger partial charge is 0.480 e. The summed E-state index contributed by atoms with van der Waals surface area (Å²) in [4.78, 5) is 39.4. The zero-order chi connectivity index (χ0) is 39.8. The Kier molecular flexibility index (Phi) is 14.5. The number of likely N-dealkylation sites (tertiary alicyclic amines) is 1. The Bertz CT molecular complexity index is 2040. The van der Waals surface area contributed by atoms with Crippen LogP contribution in [0.15, 0.2) is 82.6 Å². The molecule has 298 valence electrons. The van der Waals surface area contributed by atoms with E-state index in [4.69, 9.17) is 21.1 Å². The predicted octanol–water partition coefficient (Wildman–Crippen LogP) is 3.97. The fraction of sp³-hybridized carbons (Fsp3) is 0.447. The minimum atomic E-state index is -4.14. The normalized spacial score (nSPS) is 19.7. The van der Waals surface area contributed by atoms with Gasteiger partial charge in [0.15, 0.2) is 0 Å². The standard InChI is InChI=1S/C38H47ClN4O10S2/c1-3-53-38(47)32(42-25(2)36(44)43-33-12-8-7-11-29(33)19-34(43)37(45)46)24-52-23-28-15-13-27(14-16-28)22-40-54(48,49)30-17-18-31(39)35(20-30)55(50,51)41-21-26-9-5-4-6-10-26/h4-6,9-10,13-18,20,25,29,32-34,40-42H,3,7-8,11-12,19,21-24H2,1-2H3,(H,45,46)/t25?,29?,32-,33?,34-/m0/s1. The van der Waals surface area contributed by atoms with Gasteiger partial charge < -0.3 is 19.5 Å². The first-order chi connectivity index (χ1) is 26.2. The molecule has 1 heterocycles. The van der Waals surface area contributed by atoms with E-state index in [0.717, 1.165) is 37.3 Å². The van der Waals surface area contributed by atoms with Gasteiger partial charge in [0.25, 0.3) is 0 Å². The lowest BCUT2D eigenvalue weighted by Crippen LogP contribution is -2.56. The third-order valence-electron chi connectivity index (χ3n) is 9.87. The number of nitrogens with one attached hydrogen (secondary N) is 3. The summed E-state index contributed by atoms with van der Waals surface area (Å²) in [5.41, 5.74) is 2.05. The molecule has 2 aliphatic rings. The zero-order valence-electron chi connectivity index (χ0n) is 30.6. The first-order valence-electron chi connectivity index (χ1n) is 18.2. The molecule has 3 aromatic rings. The van der Waals surface area contributed by atoms with Crippen LogP contribution >= 0.6 is 11.6 Å². The summed E-state index contributed by atoms with van der Waals surface area (Å²) in [6.45, 7) is 3.24. The molecule has 5 rings (SSSR count). The van der Waals surface area contributed by atoms with E-state index in [1.807, 2.05) is 0 Å². The summed E-state index contributed by atoms with van der Waals surface area (Å²) in [6, 6.07) is 16.3. The number of ether oxygens (including phenoxy) is 2. The molecule has 17 heteroatoms. The summed E-state index contributed by atoms with van der Waals surface area (Å²) in [7, 11) is -8.28. The second-order valence-electron chi connectivity index (χ2n) is 13.7. The molecule has 0 bridgehead atoms.